The highest BCUT2D eigenvalue weighted by Gasteiger charge is 2.23. The molecule has 4 heteroatoms. The minimum absolute atomic E-state index is 0.507. The van der Waals surface area contributed by atoms with E-state index in [4.69, 9.17) is 4.42 Å². The number of fused-ring (bicyclic) bond motifs is 3. The number of benzene rings is 4. The van der Waals surface area contributed by atoms with Crippen molar-refractivity contribution in [1.29, 1.82) is 10.5 Å². The van der Waals surface area contributed by atoms with Gasteiger partial charge < -0.3 is 4.42 Å². The molecule has 0 radical (unpaired) electrons. The quantitative estimate of drug-likeness (QED) is 0.238. The van der Waals surface area contributed by atoms with Gasteiger partial charge in [0.2, 0.25) is 5.69 Å². The largest absolute Gasteiger partial charge is 0.454 e. The summed E-state index contributed by atoms with van der Waals surface area (Å²) in [5.41, 5.74) is 10.1. The van der Waals surface area contributed by atoms with Crippen molar-refractivity contribution in [2.24, 2.45) is 7.05 Å². The minimum Gasteiger partial charge on any atom is -0.454 e. The summed E-state index contributed by atoms with van der Waals surface area (Å²) in [6.07, 6.45) is 2.02. The van der Waals surface area contributed by atoms with E-state index in [9.17, 15) is 10.5 Å². The number of aromatic nitrogens is 1. The fraction of sp³-hybridized carbons (Fsp3) is 0.0882. The van der Waals surface area contributed by atoms with Gasteiger partial charge in [0, 0.05) is 28.5 Å². The first kappa shape index (κ1) is 23.2. The van der Waals surface area contributed by atoms with E-state index in [1.54, 1.807) is 0 Å². The molecule has 38 heavy (non-hydrogen) atoms. The molecule has 0 atom stereocenters. The molecule has 180 valence electrons. The van der Waals surface area contributed by atoms with E-state index in [0.29, 0.717) is 22.3 Å². The topological polar surface area (TPSA) is 64.6 Å². The molecular formula is C34H24N3O+. The Balaban J connectivity index is 1.64. The Morgan fingerprint density at radius 2 is 1.45 bits per heavy atom. The second-order valence-electron chi connectivity index (χ2n) is 9.65. The van der Waals surface area contributed by atoms with Gasteiger partial charge in [-0.3, -0.25) is 0 Å². The number of furan rings is 1. The van der Waals surface area contributed by atoms with Crippen molar-refractivity contribution in [3.8, 4) is 45.6 Å². The smallest absolute Gasteiger partial charge is 0.216 e. The molecule has 6 rings (SSSR count). The van der Waals surface area contributed by atoms with Gasteiger partial charge in [0.1, 0.15) is 18.2 Å². The third-order valence-electron chi connectivity index (χ3n) is 7.21. The molecule has 6 aromatic rings. The van der Waals surface area contributed by atoms with E-state index in [0.717, 1.165) is 55.4 Å². The van der Waals surface area contributed by atoms with Gasteiger partial charge in [-0.05, 0) is 60.4 Å². The van der Waals surface area contributed by atoms with E-state index in [-0.39, 0.29) is 0 Å². The average molecular weight is 491 g/mol. The van der Waals surface area contributed by atoms with Crippen LogP contribution < -0.4 is 4.57 Å². The average Bonchev–Trinajstić information content (AvgIpc) is 3.31. The maximum atomic E-state index is 10.1. The zero-order chi connectivity index (χ0) is 26.4. The predicted octanol–water partition coefficient (Wildman–Crippen LogP) is 7.77. The van der Waals surface area contributed by atoms with Crippen LogP contribution >= 0.6 is 0 Å². The molecule has 0 saturated carbocycles. The van der Waals surface area contributed by atoms with E-state index in [1.807, 2.05) is 80.8 Å². The van der Waals surface area contributed by atoms with E-state index >= 15 is 0 Å². The number of nitrogens with zero attached hydrogens (tertiary/aromatic N) is 3. The highest BCUT2D eigenvalue weighted by molar-refractivity contribution is 6.14. The van der Waals surface area contributed by atoms with Gasteiger partial charge in [0.05, 0.1) is 28.8 Å². The van der Waals surface area contributed by atoms with Gasteiger partial charge in [-0.25, -0.2) is 4.57 Å². The van der Waals surface area contributed by atoms with Crippen molar-refractivity contribution in [3.05, 3.63) is 113 Å². The van der Waals surface area contributed by atoms with Gasteiger partial charge in [-0.1, -0.05) is 54.1 Å². The summed E-state index contributed by atoms with van der Waals surface area (Å²) in [6.45, 7) is 4.12. The van der Waals surface area contributed by atoms with Crippen LogP contribution in [0.3, 0.4) is 0 Å². The molecule has 0 spiro atoms. The van der Waals surface area contributed by atoms with Crippen molar-refractivity contribution in [2.45, 2.75) is 13.8 Å². The van der Waals surface area contributed by atoms with Gasteiger partial charge >= 0.3 is 0 Å². The van der Waals surface area contributed by atoms with Crippen LogP contribution in [0.4, 0.5) is 0 Å². The van der Waals surface area contributed by atoms with Crippen LogP contribution in [0.15, 0.2) is 95.5 Å². The standard InChI is InChI=1S/C34H24N3O/c1-21-7-6-8-23(17-21)27-14-11-24(18-26(27)20-36)32-25(19-35)12-15-29-28-13-10-22(2)31(33(28)38-34(29)32)30-9-4-5-16-37(30)3/h4-18H,1-3H3/q+1. The number of rotatable bonds is 3. The second kappa shape index (κ2) is 9.04. The maximum absolute atomic E-state index is 10.1. The number of pyridine rings is 1. The van der Waals surface area contributed by atoms with Crippen LogP contribution in [0.25, 0.3) is 55.4 Å². The summed E-state index contributed by atoms with van der Waals surface area (Å²) in [5, 5.41) is 22.0. The van der Waals surface area contributed by atoms with Crippen LogP contribution in [0.2, 0.25) is 0 Å². The van der Waals surface area contributed by atoms with Gasteiger partial charge in [0.15, 0.2) is 6.20 Å². The Hall–Kier alpha value is -5.19. The van der Waals surface area contributed by atoms with Crippen molar-refractivity contribution < 1.29 is 8.98 Å². The number of nitriles is 2. The fourth-order valence-corrected chi connectivity index (χ4v) is 5.34. The molecule has 2 heterocycles. The van der Waals surface area contributed by atoms with Crippen molar-refractivity contribution >= 4 is 21.9 Å². The third kappa shape index (κ3) is 3.63. The minimum atomic E-state index is 0.507. The zero-order valence-electron chi connectivity index (χ0n) is 21.4. The molecular weight excluding hydrogens is 466 g/mol. The zero-order valence-corrected chi connectivity index (χ0v) is 21.4. The maximum Gasteiger partial charge on any atom is 0.216 e. The Morgan fingerprint density at radius 3 is 2.18 bits per heavy atom. The van der Waals surface area contributed by atoms with Crippen LogP contribution in [-0.2, 0) is 7.05 Å². The third-order valence-corrected chi connectivity index (χ3v) is 7.21. The summed E-state index contributed by atoms with van der Waals surface area (Å²) in [6, 6.07) is 32.7. The molecule has 0 unspecified atom stereocenters. The molecule has 4 aromatic carbocycles. The van der Waals surface area contributed by atoms with Gasteiger partial charge in [-0.15, -0.1) is 0 Å². The number of aryl methyl sites for hydroxylation is 3. The lowest BCUT2D eigenvalue weighted by atomic mass is 9.92. The van der Waals surface area contributed by atoms with Crippen molar-refractivity contribution in [3.63, 3.8) is 0 Å². The predicted molar refractivity (Wildman–Crippen MR) is 150 cm³/mol. The Bertz CT molecular complexity index is 1980. The second-order valence-corrected chi connectivity index (χ2v) is 9.65. The van der Waals surface area contributed by atoms with E-state index in [2.05, 4.69) is 47.9 Å². The summed E-state index contributed by atoms with van der Waals surface area (Å²) in [4.78, 5) is 0. The molecule has 0 fully saturated rings. The Morgan fingerprint density at radius 1 is 0.684 bits per heavy atom. The summed E-state index contributed by atoms with van der Waals surface area (Å²) < 4.78 is 8.74. The molecule has 0 saturated heterocycles. The normalized spacial score (nSPS) is 11.0. The van der Waals surface area contributed by atoms with Gasteiger partial charge in [-0.2, -0.15) is 10.5 Å². The fourth-order valence-electron chi connectivity index (χ4n) is 5.34. The van der Waals surface area contributed by atoms with Crippen LogP contribution in [0.5, 0.6) is 0 Å². The lowest BCUT2D eigenvalue weighted by molar-refractivity contribution is -0.660. The highest BCUT2D eigenvalue weighted by atomic mass is 16.3. The summed E-state index contributed by atoms with van der Waals surface area (Å²) >= 11 is 0. The summed E-state index contributed by atoms with van der Waals surface area (Å²) in [7, 11) is 2.02. The molecule has 0 bridgehead atoms. The lowest BCUT2D eigenvalue weighted by Gasteiger charge is -2.10. The molecule has 0 amide bonds. The van der Waals surface area contributed by atoms with Crippen LogP contribution in [-0.4, -0.2) is 0 Å². The first-order chi connectivity index (χ1) is 18.5. The molecule has 4 nitrogen and oxygen atoms in total. The molecule has 0 aliphatic heterocycles. The van der Waals surface area contributed by atoms with E-state index < -0.39 is 0 Å². The summed E-state index contributed by atoms with van der Waals surface area (Å²) in [5.74, 6) is 0. The number of hydrogen-bond acceptors (Lipinski definition) is 3. The van der Waals surface area contributed by atoms with E-state index in [1.165, 1.54) is 0 Å². The van der Waals surface area contributed by atoms with Gasteiger partial charge in [0.25, 0.3) is 0 Å². The number of hydrogen-bond donors (Lipinski definition) is 0. The molecule has 2 aromatic heterocycles. The van der Waals surface area contributed by atoms with Crippen molar-refractivity contribution in [1.82, 2.24) is 0 Å². The van der Waals surface area contributed by atoms with Crippen molar-refractivity contribution in [2.75, 3.05) is 0 Å². The van der Waals surface area contributed by atoms with Crippen LogP contribution in [0.1, 0.15) is 22.3 Å². The molecule has 0 aliphatic carbocycles. The first-order valence-corrected chi connectivity index (χ1v) is 12.5. The Labute approximate surface area is 221 Å². The van der Waals surface area contributed by atoms with Crippen LogP contribution in [0, 0.1) is 36.5 Å². The Kier molecular flexibility index (Phi) is 5.52. The molecule has 0 N–H and O–H groups in total. The monoisotopic (exact) mass is 490 g/mol. The molecule has 0 aliphatic rings. The first-order valence-electron chi connectivity index (χ1n) is 12.5. The SMILES string of the molecule is Cc1cccc(-c2ccc(-c3c(C#N)ccc4c3oc3c(-c5cccc[n+]5C)c(C)ccc34)cc2C#N)c1. The highest BCUT2D eigenvalue weighted by Crippen LogP contribution is 2.42. The lowest BCUT2D eigenvalue weighted by Crippen LogP contribution is -2.30.